The van der Waals surface area contributed by atoms with Crippen molar-refractivity contribution in [3.63, 3.8) is 0 Å². The first kappa shape index (κ1) is 19.3. The number of amides is 2. The van der Waals surface area contributed by atoms with Crippen molar-refractivity contribution in [3.8, 4) is 0 Å². The zero-order valence-electron chi connectivity index (χ0n) is 15.7. The maximum absolute atomic E-state index is 12.4. The molecule has 0 spiro atoms. The fourth-order valence-electron chi connectivity index (χ4n) is 3.26. The first-order chi connectivity index (χ1) is 12.7. The third kappa shape index (κ3) is 4.63. The van der Waals surface area contributed by atoms with Gasteiger partial charge in [0.15, 0.2) is 0 Å². The van der Waals surface area contributed by atoms with Crippen LogP contribution in [0.1, 0.15) is 47.3 Å². The van der Waals surface area contributed by atoms with Crippen molar-refractivity contribution >= 4 is 23.2 Å². The summed E-state index contributed by atoms with van der Waals surface area (Å²) >= 11 is 1.49. The quantitative estimate of drug-likeness (QED) is 0.786. The second-order valence-electron chi connectivity index (χ2n) is 7.90. The average Bonchev–Trinajstić information content (AvgIpc) is 3.04. The lowest BCUT2D eigenvalue weighted by Gasteiger charge is -2.33. The fraction of sp³-hybridized carbons (Fsp3) is 0.474. The van der Waals surface area contributed by atoms with Gasteiger partial charge in [-0.3, -0.25) is 25.0 Å². The number of aromatic nitrogens is 2. The molecule has 0 saturated heterocycles. The molecule has 0 fully saturated rings. The Kier molecular flexibility index (Phi) is 5.46. The molecule has 3 rings (SSSR count). The van der Waals surface area contributed by atoms with Crippen molar-refractivity contribution in [1.82, 2.24) is 20.4 Å². The van der Waals surface area contributed by atoms with Gasteiger partial charge in [0.25, 0.3) is 11.8 Å². The Balaban J connectivity index is 1.58. The number of nitrogens with zero attached hydrogens (tertiary/aromatic N) is 2. The fourth-order valence-corrected chi connectivity index (χ4v) is 4.37. The Hall–Kier alpha value is -2.48. The first-order valence-electron chi connectivity index (χ1n) is 8.96. The highest BCUT2D eigenvalue weighted by Gasteiger charge is 2.30. The number of fused-ring (bicyclic) bond motifs is 1. The SMILES string of the molecule is CC(C)(C)C1CCc2sc(C(=O)NNC(=O)Cn3cccnc3=O)cc2C1. The van der Waals surface area contributed by atoms with E-state index in [1.807, 2.05) is 6.07 Å². The van der Waals surface area contributed by atoms with Gasteiger partial charge in [-0.05, 0) is 48.3 Å². The van der Waals surface area contributed by atoms with Gasteiger partial charge in [0.1, 0.15) is 6.54 Å². The average molecular weight is 388 g/mol. The molecule has 1 atom stereocenters. The third-order valence-corrected chi connectivity index (χ3v) is 6.18. The highest BCUT2D eigenvalue weighted by atomic mass is 32.1. The predicted molar refractivity (Wildman–Crippen MR) is 103 cm³/mol. The first-order valence-corrected chi connectivity index (χ1v) is 9.78. The molecule has 8 heteroatoms. The second-order valence-corrected chi connectivity index (χ2v) is 9.03. The van der Waals surface area contributed by atoms with Crippen molar-refractivity contribution in [2.75, 3.05) is 0 Å². The number of carbonyl (C=O) groups is 2. The minimum Gasteiger partial charge on any atom is -0.290 e. The molecule has 0 radical (unpaired) electrons. The number of aryl methyl sites for hydroxylation is 1. The molecule has 1 aliphatic carbocycles. The summed E-state index contributed by atoms with van der Waals surface area (Å²) in [5.41, 5.74) is 5.75. The van der Waals surface area contributed by atoms with E-state index < -0.39 is 11.6 Å². The summed E-state index contributed by atoms with van der Waals surface area (Å²) in [6, 6.07) is 3.50. The van der Waals surface area contributed by atoms with E-state index >= 15 is 0 Å². The van der Waals surface area contributed by atoms with Gasteiger partial charge in [0.2, 0.25) is 0 Å². The smallest absolute Gasteiger partial charge is 0.290 e. The van der Waals surface area contributed by atoms with Crippen LogP contribution in [0.15, 0.2) is 29.3 Å². The molecule has 0 saturated carbocycles. The summed E-state index contributed by atoms with van der Waals surface area (Å²) < 4.78 is 1.16. The van der Waals surface area contributed by atoms with Gasteiger partial charge < -0.3 is 0 Å². The van der Waals surface area contributed by atoms with E-state index in [0.29, 0.717) is 10.8 Å². The summed E-state index contributed by atoms with van der Waals surface area (Å²) in [6.07, 6.45) is 5.94. The summed E-state index contributed by atoms with van der Waals surface area (Å²) in [5, 5.41) is 0. The van der Waals surface area contributed by atoms with Gasteiger partial charge in [-0.25, -0.2) is 9.78 Å². The normalized spacial score (nSPS) is 16.5. The standard InChI is InChI=1S/C19H24N4O3S/c1-19(2,3)13-5-6-14-12(9-13)10-15(27-14)17(25)22-21-16(24)11-23-8-4-7-20-18(23)26/h4,7-8,10,13H,5-6,9,11H2,1-3H3,(H,21,24)(H,22,25). The van der Waals surface area contributed by atoms with Crippen LogP contribution in [0.4, 0.5) is 0 Å². The van der Waals surface area contributed by atoms with E-state index in [9.17, 15) is 14.4 Å². The largest absolute Gasteiger partial charge is 0.347 e. The van der Waals surface area contributed by atoms with Crippen molar-refractivity contribution in [3.05, 3.63) is 50.3 Å². The van der Waals surface area contributed by atoms with Crippen molar-refractivity contribution in [1.29, 1.82) is 0 Å². The van der Waals surface area contributed by atoms with Crippen molar-refractivity contribution < 1.29 is 9.59 Å². The number of hydrogen-bond donors (Lipinski definition) is 2. The minimum atomic E-state index is -0.515. The van der Waals surface area contributed by atoms with E-state index in [1.165, 1.54) is 34.2 Å². The van der Waals surface area contributed by atoms with Gasteiger partial charge in [-0.15, -0.1) is 11.3 Å². The molecule has 2 heterocycles. The van der Waals surface area contributed by atoms with Crippen molar-refractivity contribution in [2.24, 2.45) is 11.3 Å². The third-order valence-electron chi connectivity index (χ3n) is 4.94. The van der Waals surface area contributed by atoms with Crippen LogP contribution < -0.4 is 16.5 Å². The van der Waals surface area contributed by atoms with Crippen molar-refractivity contribution in [2.45, 2.75) is 46.6 Å². The van der Waals surface area contributed by atoms with E-state index in [2.05, 4.69) is 36.6 Å². The maximum atomic E-state index is 12.4. The van der Waals surface area contributed by atoms with Gasteiger partial charge in [-0.2, -0.15) is 0 Å². The molecule has 0 aliphatic heterocycles. The summed E-state index contributed by atoms with van der Waals surface area (Å²) in [6.45, 7) is 6.56. The number of nitrogens with one attached hydrogen (secondary N) is 2. The topological polar surface area (TPSA) is 93.1 Å². The molecular weight excluding hydrogens is 364 g/mol. The highest BCUT2D eigenvalue weighted by Crippen LogP contribution is 2.39. The molecule has 7 nitrogen and oxygen atoms in total. The molecule has 2 amide bonds. The van der Waals surface area contributed by atoms with E-state index in [0.717, 1.165) is 23.8 Å². The monoisotopic (exact) mass is 388 g/mol. The van der Waals surface area contributed by atoms with Gasteiger partial charge in [-0.1, -0.05) is 20.8 Å². The van der Waals surface area contributed by atoms with Crippen LogP contribution >= 0.6 is 11.3 Å². The van der Waals surface area contributed by atoms with E-state index in [-0.39, 0.29) is 17.9 Å². The molecule has 2 aromatic heterocycles. The Morgan fingerprint density at radius 2 is 2.11 bits per heavy atom. The molecule has 1 unspecified atom stereocenters. The number of hydrogen-bond acceptors (Lipinski definition) is 5. The lowest BCUT2D eigenvalue weighted by Crippen LogP contribution is -2.44. The Morgan fingerprint density at radius 1 is 1.33 bits per heavy atom. The molecule has 0 bridgehead atoms. The molecular formula is C19H24N4O3S. The van der Waals surface area contributed by atoms with Gasteiger partial charge >= 0.3 is 5.69 Å². The van der Waals surface area contributed by atoms with Crippen LogP contribution in [0.5, 0.6) is 0 Å². The Labute approximate surface area is 161 Å². The van der Waals surface area contributed by atoms with E-state index in [1.54, 1.807) is 6.07 Å². The van der Waals surface area contributed by atoms with E-state index in [4.69, 9.17) is 0 Å². The molecule has 27 heavy (non-hydrogen) atoms. The highest BCUT2D eigenvalue weighted by molar-refractivity contribution is 7.14. The van der Waals surface area contributed by atoms with Crippen LogP contribution in [0.2, 0.25) is 0 Å². The van der Waals surface area contributed by atoms with Crippen LogP contribution in [-0.4, -0.2) is 21.4 Å². The molecule has 1 aliphatic rings. The number of hydrazine groups is 1. The summed E-state index contributed by atoms with van der Waals surface area (Å²) in [5.74, 6) is -0.228. The van der Waals surface area contributed by atoms with Gasteiger partial charge in [0.05, 0.1) is 4.88 Å². The molecule has 0 aromatic carbocycles. The van der Waals surface area contributed by atoms with Gasteiger partial charge in [0, 0.05) is 17.3 Å². The maximum Gasteiger partial charge on any atom is 0.347 e. The Morgan fingerprint density at radius 3 is 2.81 bits per heavy atom. The molecule has 144 valence electrons. The lowest BCUT2D eigenvalue weighted by atomic mass is 9.72. The van der Waals surface area contributed by atoms with Crippen LogP contribution in [0, 0.1) is 11.3 Å². The summed E-state index contributed by atoms with van der Waals surface area (Å²) in [7, 11) is 0. The van der Waals surface area contributed by atoms with Crippen LogP contribution in [0.3, 0.4) is 0 Å². The zero-order valence-corrected chi connectivity index (χ0v) is 16.6. The Bertz CT molecular complexity index is 910. The molecule has 2 aromatic rings. The van der Waals surface area contributed by atoms with Crippen LogP contribution in [0.25, 0.3) is 0 Å². The number of rotatable bonds is 3. The van der Waals surface area contributed by atoms with Crippen LogP contribution in [-0.2, 0) is 24.2 Å². The zero-order chi connectivity index (χ0) is 19.6. The minimum absolute atomic E-state index is 0.207. The molecule has 2 N–H and O–H groups in total. The number of carbonyl (C=O) groups excluding carboxylic acids is 2. The summed E-state index contributed by atoms with van der Waals surface area (Å²) in [4.78, 5) is 41.2. The lowest BCUT2D eigenvalue weighted by molar-refractivity contribution is -0.122. The second kappa shape index (κ2) is 7.64. The predicted octanol–water partition coefficient (Wildman–Crippen LogP) is 1.92. The number of thiophene rings is 1.